The summed E-state index contributed by atoms with van der Waals surface area (Å²) in [5.41, 5.74) is 5.12. The second-order valence-electron chi connectivity index (χ2n) is 6.53. The zero-order valence-electron chi connectivity index (χ0n) is 15.1. The molecule has 0 radical (unpaired) electrons. The normalized spacial score (nSPS) is 11.4. The molecule has 0 saturated heterocycles. The monoisotopic (exact) mass is 373 g/mol. The maximum atomic E-state index is 13.4. The van der Waals surface area contributed by atoms with Crippen LogP contribution in [0.1, 0.15) is 11.6 Å². The number of hydrogen-bond acceptors (Lipinski definition) is 4. The number of nitrogens with zero attached hydrogens (tertiary/aromatic N) is 4. The summed E-state index contributed by atoms with van der Waals surface area (Å²) in [5.74, 6) is 0.340. The quantitative estimate of drug-likeness (QED) is 0.501. The van der Waals surface area contributed by atoms with Gasteiger partial charge in [-0.05, 0) is 36.4 Å². The fourth-order valence-electron chi connectivity index (χ4n) is 3.43. The highest BCUT2D eigenvalue weighted by Gasteiger charge is 2.19. The zero-order valence-corrected chi connectivity index (χ0v) is 15.1. The van der Waals surface area contributed by atoms with Crippen molar-refractivity contribution in [1.82, 2.24) is 24.5 Å². The summed E-state index contributed by atoms with van der Waals surface area (Å²) in [6.45, 7) is 2.32. The van der Waals surface area contributed by atoms with E-state index in [9.17, 15) is 4.39 Å². The first kappa shape index (κ1) is 16.4. The van der Waals surface area contributed by atoms with Crippen molar-refractivity contribution in [3.8, 4) is 22.5 Å². The van der Waals surface area contributed by atoms with E-state index >= 15 is 0 Å². The lowest BCUT2D eigenvalue weighted by Crippen LogP contribution is -2.02. The summed E-state index contributed by atoms with van der Waals surface area (Å²) in [6, 6.07) is 10.3. The third-order valence-electron chi connectivity index (χ3n) is 4.67. The number of H-pyrrole nitrogens is 1. The molecular formula is C21H16FN5O. The fourth-order valence-corrected chi connectivity index (χ4v) is 3.43. The number of fused-ring (bicyclic) bond motifs is 1. The van der Waals surface area contributed by atoms with Crippen molar-refractivity contribution in [3.05, 3.63) is 78.8 Å². The minimum Gasteiger partial charge on any atom is -0.449 e. The van der Waals surface area contributed by atoms with E-state index in [0.29, 0.717) is 12.4 Å². The largest absolute Gasteiger partial charge is 0.449 e. The molecule has 0 unspecified atom stereocenters. The molecule has 0 saturated carbocycles. The number of halogens is 1. The van der Waals surface area contributed by atoms with Gasteiger partial charge in [-0.2, -0.15) is 0 Å². The van der Waals surface area contributed by atoms with Crippen molar-refractivity contribution >= 4 is 11.0 Å². The molecule has 5 rings (SSSR count). The van der Waals surface area contributed by atoms with Gasteiger partial charge in [0.25, 0.3) is 0 Å². The first-order chi connectivity index (χ1) is 13.7. The van der Waals surface area contributed by atoms with E-state index in [1.165, 1.54) is 12.1 Å². The van der Waals surface area contributed by atoms with Gasteiger partial charge >= 0.3 is 0 Å². The first-order valence-electron chi connectivity index (χ1n) is 8.83. The molecule has 28 heavy (non-hydrogen) atoms. The van der Waals surface area contributed by atoms with E-state index in [2.05, 4.69) is 19.9 Å². The van der Waals surface area contributed by atoms with Crippen LogP contribution in [0, 0.1) is 12.7 Å². The molecule has 0 spiro atoms. The SMILES string of the molecule is Cc1nc(Cn2cnc(-c3ccc(F)cc3)c2-c2ccnc3[nH]ccc23)co1. The van der Waals surface area contributed by atoms with E-state index in [0.717, 1.165) is 39.2 Å². The van der Waals surface area contributed by atoms with Gasteiger partial charge in [0.05, 0.1) is 30.0 Å². The molecule has 6 nitrogen and oxygen atoms in total. The van der Waals surface area contributed by atoms with Gasteiger partial charge in [-0.15, -0.1) is 0 Å². The minimum atomic E-state index is -0.278. The van der Waals surface area contributed by atoms with Crippen LogP contribution in [0.4, 0.5) is 4.39 Å². The molecule has 0 fully saturated rings. The van der Waals surface area contributed by atoms with Crippen LogP contribution in [0.2, 0.25) is 0 Å². The molecule has 0 aliphatic carbocycles. The van der Waals surface area contributed by atoms with E-state index in [-0.39, 0.29) is 5.82 Å². The van der Waals surface area contributed by atoms with Gasteiger partial charge in [-0.25, -0.2) is 19.3 Å². The molecule has 7 heteroatoms. The summed E-state index contributed by atoms with van der Waals surface area (Å²) in [6.07, 6.45) is 7.05. The molecule has 4 heterocycles. The van der Waals surface area contributed by atoms with Crippen molar-refractivity contribution < 1.29 is 8.81 Å². The average Bonchev–Trinajstić information content (AvgIpc) is 3.42. The number of rotatable bonds is 4. The maximum Gasteiger partial charge on any atom is 0.191 e. The number of nitrogens with one attached hydrogen (secondary N) is 1. The Morgan fingerprint density at radius 2 is 1.96 bits per heavy atom. The molecule has 0 aliphatic rings. The van der Waals surface area contributed by atoms with Crippen LogP contribution in [0.15, 0.2) is 65.8 Å². The maximum absolute atomic E-state index is 13.4. The molecule has 0 amide bonds. The minimum absolute atomic E-state index is 0.278. The van der Waals surface area contributed by atoms with E-state index in [1.54, 1.807) is 30.9 Å². The van der Waals surface area contributed by atoms with Crippen molar-refractivity contribution in [1.29, 1.82) is 0 Å². The molecule has 138 valence electrons. The highest BCUT2D eigenvalue weighted by Crippen LogP contribution is 2.35. The van der Waals surface area contributed by atoms with E-state index in [1.807, 2.05) is 29.8 Å². The lowest BCUT2D eigenvalue weighted by atomic mass is 10.0. The molecule has 0 atom stereocenters. The number of imidazole rings is 1. The lowest BCUT2D eigenvalue weighted by molar-refractivity contribution is 0.520. The van der Waals surface area contributed by atoms with Gasteiger partial charge < -0.3 is 14.0 Å². The number of oxazole rings is 1. The number of hydrogen-bond donors (Lipinski definition) is 1. The Morgan fingerprint density at radius 3 is 2.75 bits per heavy atom. The van der Waals surface area contributed by atoms with Crippen LogP contribution in [0.25, 0.3) is 33.5 Å². The van der Waals surface area contributed by atoms with Crippen molar-refractivity contribution in [2.45, 2.75) is 13.5 Å². The van der Waals surface area contributed by atoms with Gasteiger partial charge in [-0.1, -0.05) is 0 Å². The van der Waals surface area contributed by atoms with E-state index in [4.69, 9.17) is 4.42 Å². The molecule has 0 aliphatic heterocycles. The molecule has 1 aromatic carbocycles. The number of pyridine rings is 1. The highest BCUT2D eigenvalue weighted by atomic mass is 19.1. The van der Waals surface area contributed by atoms with Gasteiger partial charge in [0.2, 0.25) is 0 Å². The Labute approximate surface area is 159 Å². The van der Waals surface area contributed by atoms with Crippen LogP contribution < -0.4 is 0 Å². The number of aryl methyl sites for hydroxylation is 1. The molecule has 5 aromatic rings. The van der Waals surface area contributed by atoms with Crippen LogP contribution >= 0.6 is 0 Å². The predicted octanol–water partition coefficient (Wildman–Crippen LogP) is 4.58. The second kappa shape index (κ2) is 6.45. The predicted molar refractivity (Wildman–Crippen MR) is 103 cm³/mol. The van der Waals surface area contributed by atoms with Crippen LogP contribution in [-0.4, -0.2) is 24.5 Å². The fraction of sp³-hybridized carbons (Fsp3) is 0.0952. The summed E-state index contributed by atoms with van der Waals surface area (Å²) < 4.78 is 20.8. The number of aromatic amines is 1. The highest BCUT2D eigenvalue weighted by molar-refractivity contribution is 5.95. The smallest absolute Gasteiger partial charge is 0.191 e. The summed E-state index contributed by atoms with van der Waals surface area (Å²) >= 11 is 0. The average molecular weight is 373 g/mol. The van der Waals surface area contributed by atoms with Gasteiger partial charge in [0, 0.05) is 35.8 Å². The number of benzene rings is 1. The third kappa shape index (κ3) is 2.77. The van der Waals surface area contributed by atoms with Crippen LogP contribution in [-0.2, 0) is 6.54 Å². The summed E-state index contributed by atoms with van der Waals surface area (Å²) in [4.78, 5) is 16.6. The zero-order chi connectivity index (χ0) is 19.1. The first-order valence-corrected chi connectivity index (χ1v) is 8.83. The lowest BCUT2D eigenvalue weighted by Gasteiger charge is -2.11. The van der Waals surface area contributed by atoms with Gasteiger partial charge in [0.15, 0.2) is 5.89 Å². The molecular weight excluding hydrogens is 357 g/mol. The Hall–Kier alpha value is -3.74. The second-order valence-corrected chi connectivity index (χ2v) is 6.53. The van der Waals surface area contributed by atoms with Gasteiger partial charge in [-0.3, -0.25) is 0 Å². The number of aromatic nitrogens is 5. The molecule has 4 aromatic heterocycles. The van der Waals surface area contributed by atoms with Crippen molar-refractivity contribution in [2.75, 3.05) is 0 Å². The Morgan fingerprint density at radius 1 is 1.11 bits per heavy atom. The molecule has 1 N–H and O–H groups in total. The van der Waals surface area contributed by atoms with Crippen LogP contribution in [0.3, 0.4) is 0 Å². The summed E-state index contributed by atoms with van der Waals surface area (Å²) in [7, 11) is 0. The Kier molecular flexibility index (Phi) is 3.79. The Bertz CT molecular complexity index is 1270. The van der Waals surface area contributed by atoms with Gasteiger partial charge in [0.1, 0.15) is 17.7 Å². The third-order valence-corrected chi connectivity index (χ3v) is 4.67. The van der Waals surface area contributed by atoms with E-state index < -0.39 is 0 Å². The topological polar surface area (TPSA) is 72.5 Å². The van der Waals surface area contributed by atoms with Crippen LogP contribution in [0.5, 0.6) is 0 Å². The molecule has 0 bridgehead atoms. The summed E-state index contributed by atoms with van der Waals surface area (Å²) in [5, 5.41) is 0.990. The Balaban J connectivity index is 1.72. The van der Waals surface area contributed by atoms with Crippen molar-refractivity contribution in [3.63, 3.8) is 0 Å². The standard InChI is InChI=1S/C21H16FN5O/c1-13-26-16(11-28-13)10-27-12-25-19(14-2-4-15(22)5-3-14)20(27)17-6-8-23-21-18(17)7-9-24-21/h2-9,11-12H,10H2,1H3,(H,23,24). The van der Waals surface area contributed by atoms with Crippen molar-refractivity contribution in [2.24, 2.45) is 0 Å².